The van der Waals surface area contributed by atoms with Crippen LogP contribution in [-0.4, -0.2) is 27.5 Å². The number of hydrogen-bond donors (Lipinski definition) is 0. The maximum Gasteiger partial charge on any atom is 0.124 e. The Morgan fingerprint density at radius 3 is 2.62 bits per heavy atom. The van der Waals surface area contributed by atoms with E-state index in [-0.39, 0.29) is 0 Å². The molecule has 21 heavy (non-hydrogen) atoms. The Labute approximate surface area is 126 Å². The van der Waals surface area contributed by atoms with Crippen LogP contribution in [0.2, 0.25) is 0 Å². The van der Waals surface area contributed by atoms with Crippen molar-refractivity contribution in [2.24, 2.45) is 0 Å². The molecule has 1 aromatic carbocycles. The molecule has 4 heteroatoms. The van der Waals surface area contributed by atoms with Crippen LogP contribution in [0.15, 0.2) is 12.1 Å². The van der Waals surface area contributed by atoms with Gasteiger partial charge in [-0.25, -0.2) is 4.98 Å². The van der Waals surface area contributed by atoms with E-state index in [1.165, 1.54) is 42.6 Å². The Kier molecular flexibility index (Phi) is 3.94. The highest BCUT2D eigenvalue weighted by molar-refractivity contribution is 5.78. The second-order valence-corrected chi connectivity index (χ2v) is 6.00. The molecule has 0 atom stereocenters. The van der Waals surface area contributed by atoms with Crippen LogP contribution in [0.3, 0.4) is 0 Å². The summed E-state index contributed by atoms with van der Waals surface area (Å²) in [5.41, 5.74) is 4.79. The van der Waals surface area contributed by atoms with E-state index in [0.717, 1.165) is 24.4 Å². The molecule has 3 rings (SSSR count). The first-order valence-electron chi connectivity index (χ1n) is 7.74. The smallest absolute Gasteiger partial charge is 0.124 e. The van der Waals surface area contributed by atoms with E-state index in [1.807, 2.05) is 0 Å². The lowest BCUT2D eigenvalue weighted by molar-refractivity contribution is 0.317. The third kappa shape index (κ3) is 2.79. The molecule has 0 saturated carbocycles. The summed E-state index contributed by atoms with van der Waals surface area (Å²) in [6, 6.07) is 6.63. The summed E-state index contributed by atoms with van der Waals surface area (Å²) in [5.74, 6) is 1.10. The quantitative estimate of drug-likeness (QED) is 0.865. The SMILES string of the molecule is Cc1cc2nc(CN3CCCC3)n(CCC#N)c2cc1C. The average molecular weight is 282 g/mol. The van der Waals surface area contributed by atoms with Crippen LogP contribution in [0.25, 0.3) is 11.0 Å². The van der Waals surface area contributed by atoms with Crippen molar-refractivity contribution in [1.82, 2.24) is 14.5 Å². The van der Waals surface area contributed by atoms with Crippen molar-refractivity contribution in [1.29, 1.82) is 5.26 Å². The monoisotopic (exact) mass is 282 g/mol. The number of aromatic nitrogens is 2. The van der Waals surface area contributed by atoms with Crippen LogP contribution in [-0.2, 0) is 13.1 Å². The van der Waals surface area contributed by atoms with Crippen molar-refractivity contribution >= 4 is 11.0 Å². The fourth-order valence-corrected chi connectivity index (χ4v) is 3.10. The predicted molar refractivity (Wildman–Crippen MR) is 83.9 cm³/mol. The van der Waals surface area contributed by atoms with Gasteiger partial charge in [-0.15, -0.1) is 0 Å². The molecular weight excluding hydrogens is 260 g/mol. The Balaban J connectivity index is 2.01. The Morgan fingerprint density at radius 2 is 1.90 bits per heavy atom. The number of likely N-dealkylation sites (tertiary alicyclic amines) is 1. The number of aryl methyl sites for hydroxylation is 3. The fourth-order valence-electron chi connectivity index (χ4n) is 3.10. The summed E-state index contributed by atoms with van der Waals surface area (Å²) in [5, 5.41) is 8.92. The van der Waals surface area contributed by atoms with Crippen LogP contribution < -0.4 is 0 Å². The van der Waals surface area contributed by atoms with Crippen LogP contribution in [0.1, 0.15) is 36.2 Å². The van der Waals surface area contributed by atoms with Gasteiger partial charge in [-0.3, -0.25) is 4.90 Å². The molecule has 1 aromatic heterocycles. The lowest BCUT2D eigenvalue weighted by Gasteiger charge is -2.15. The maximum atomic E-state index is 8.92. The van der Waals surface area contributed by atoms with Gasteiger partial charge in [-0.1, -0.05) is 0 Å². The van der Waals surface area contributed by atoms with Crippen molar-refractivity contribution in [2.75, 3.05) is 13.1 Å². The second kappa shape index (κ2) is 5.87. The molecule has 0 aliphatic carbocycles. The first kappa shape index (κ1) is 14.1. The highest BCUT2D eigenvalue weighted by Crippen LogP contribution is 2.23. The highest BCUT2D eigenvalue weighted by Gasteiger charge is 2.17. The zero-order valence-corrected chi connectivity index (χ0v) is 12.9. The number of nitrogens with zero attached hydrogens (tertiary/aromatic N) is 4. The molecule has 0 bridgehead atoms. The fraction of sp³-hybridized carbons (Fsp3) is 0.529. The van der Waals surface area contributed by atoms with Gasteiger partial charge in [-0.2, -0.15) is 5.26 Å². The number of hydrogen-bond acceptors (Lipinski definition) is 3. The topological polar surface area (TPSA) is 44.9 Å². The van der Waals surface area contributed by atoms with Crippen molar-refractivity contribution in [3.63, 3.8) is 0 Å². The molecule has 1 saturated heterocycles. The van der Waals surface area contributed by atoms with E-state index >= 15 is 0 Å². The molecule has 0 radical (unpaired) electrons. The van der Waals surface area contributed by atoms with Gasteiger partial charge in [0.1, 0.15) is 5.82 Å². The number of nitriles is 1. The molecule has 0 unspecified atom stereocenters. The summed E-state index contributed by atoms with van der Waals surface area (Å²) < 4.78 is 2.24. The molecule has 1 aliphatic heterocycles. The lowest BCUT2D eigenvalue weighted by Crippen LogP contribution is -2.21. The van der Waals surface area contributed by atoms with E-state index in [1.54, 1.807) is 0 Å². The summed E-state index contributed by atoms with van der Waals surface area (Å²) in [7, 11) is 0. The second-order valence-electron chi connectivity index (χ2n) is 6.00. The van der Waals surface area contributed by atoms with Gasteiger partial charge in [-0.05, 0) is 63.0 Å². The third-order valence-corrected chi connectivity index (χ3v) is 4.45. The average Bonchev–Trinajstić information content (AvgIpc) is 3.06. The van der Waals surface area contributed by atoms with E-state index < -0.39 is 0 Å². The van der Waals surface area contributed by atoms with E-state index in [4.69, 9.17) is 10.2 Å². The third-order valence-electron chi connectivity index (χ3n) is 4.45. The summed E-state index contributed by atoms with van der Waals surface area (Å²) in [6.07, 6.45) is 3.11. The van der Waals surface area contributed by atoms with Crippen LogP contribution >= 0.6 is 0 Å². The molecular formula is C17H22N4. The molecule has 2 aromatic rings. The summed E-state index contributed by atoms with van der Waals surface area (Å²) in [6.45, 7) is 8.23. The number of rotatable bonds is 4. The molecule has 1 fully saturated rings. The van der Waals surface area contributed by atoms with E-state index in [2.05, 4.69) is 41.5 Å². The van der Waals surface area contributed by atoms with E-state index in [9.17, 15) is 0 Å². The zero-order chi connectivity index (χ0) is 14.8. The van der Waals surface area contributed by atoms with Gasteiger partial charge in [0.25, 0.3) is 0 Å². The van der Waals surface area contributed by atoms with Crippen molar-refractivity contribution < 1.29 is 0 Å². The van der Waals surface area contributed by atoms with Crippen molar-refractivity contribution in [2.45, 2.75) is 46.2 Å². The molecule has 0 amide bonds. The summed E-state index contributed by atoms with van der Waals surface area (Å²) >= 11 is 0. The van der Waals surface area contributed by atoms with Crippen LogP contribution in [0.5, 0.6) is 0 Å². The lowest BCUT2D eigenvalue weighted by atomic mass is 10.1. The summed E-state index contributed by atoms with van der Waals surface area (Å²) in [4.78, 5) is 7.31. The van der Waals surface area contributed by atoms with Crippen molar-refractivity contribution in [3.05, 3.63) is 29.1 Å². The first-order valence-corrected chi connectivity index (χ1v) is 7.74. The van der Waals surface area contributed by atoms with Gasteiger partial charge in [0.2, 0.25) is 0 Å². The standard InChI is InChI=1S/C17H22N4/c1-13-10-15-16(11-14(13)2)21(9-5-6-18)17(19-15)12-20-7-3-4-8-20/h10-11H,3-5,7-9,12H2,1-2H3. The number of fused-ring (bicyclic) bond motifs is 1. The Hall–Kier alpha value is -1.86. The molecule has 110 valence electrons. The molecule has 1 aliphatic rings. The first-order chi connectivity index (χ1) is 10.2. The minimum atomic E-state index is 0.533. The minimum absolute atomic E-state index is 0.533. The molecule has 0 spiro atoms. The molecule has 4 nitrogen and oxygen atoms in total. The number of imidazole rings is 1. The van der Waals surface area contributed by atoms with Gasteiger partial charge in [0.05, 0.1) is 30.1 Å². The predicted octanol–water partition coefficient (Wildman–Crippen LogP) is 3.16. The minimum Gasteiger partial charge on any atom is -0.326 e. The highest BCUT2D eigenvalue weighted by atomic mass is 15.2. The number of benzene rings is 1. The van der Waals surface area contributed by atoms with Gasteiger partial charge in [0.15, 0.2) is 0 Å². The van der Waals surface area contributed by atoms with Crippen LogP contribution in [0, 0.1) is 25.2 Å². The molecule has 2 heterocycles. The van der Waals surface area contributed by atoms with E-state index in [0.29, 0.717) is 6.42 Å². The largest absolute Gasteiger partial charge is 0.326 e. The van der Waals surface area contributed by atoms with Gasteiger partial charge < -0.3 is 4.57 Å². The zero-order valence-electron chi connectivity index (χ0n) is 12.9. The Bertz CT molecular complexity index is 687. The normalized spacial score (nSPS) is 15.7. The van der Waals surface area contributed by atoms with Gasteiger partial charge in [0, 0.05) is 6.54 Å². The molecule has 0 N–H and O–H groups in total. The van der Waals surface area contributed by atoms with Gasteiger partial charge >= 0.3 is 0 Å². The van der Waals surface area contributed by atoms with Crippen LogP contribution in [0.4, 0.5) is 0 Å². The Morgan fingerprint density at radius 1 is 1.19 bits per heavy atom. The van der Waals surface area contributed by atoms with Crippen molar-refractivity contribution in [3.8, 4) is 6.07 Å². The maximum absolute atomic E-state index is 8.92.